The molecule has 1 N–H and O–H groups in total. The highest BCUT2D eigenvalue weighted by molar-refractivity contribution is 5.66. The van der Waals surface area contributed by atoms with Crippen LogP contribution in [0.5, 0.6) is 0 Å². The van der Waals surface area contributed by atoms with Crippen molar-refractivity contribution in [1.82, 2.24) is 0 Å². The third-order valence-corrected chi connectivity index (χ3v) is 2.76. The van der Waals surface area contributed by atoms with E-state index in [0.717, 1.165) is 12.8 Å². The first-order valence-corrected chi connectivity index (χ1v) is 7.51. The van der Waals surface area contributed by atoms with Gasteiger partial charge in [-0.1, -0.05) is 64.9 Å². The zero-order chi connectivity index (χ0) is 14.1. The SMILES string of the molecule is C=CCCCCCC.CCCCCCCC(=O)O. The van der Waals surface area contributed by atoms with Gasteiger partial charge in [0.1, 0.15) is 0 Å². The summed E-state index contributed by atoms with van der Waals surface area (Å²) in [6.45, 7) is 8.04. The molecule has 0 saturated heterocycles. The first-order chi connectivity index (χ1) is 8.68. The van der Waals surface area contributed by atoms with Crippen molar-refractivity contribution in [3.05, 3.63) is 12.7 Å². The van der Waals surface area contributed by atoms with E-state index in [-0.39, 0.29) is 0 Å². The predicted octanol–water partition coefficient (Wildman–Crippen LogP) is 5.57. The van der Waals surface area contributed by atoms with Gasteiger partial charge < -0.3 is 5.11 Å². The topological polar surface area (TPSA) is 37.3 Å². The molecule has 0 rings (SSSR count). The molecule has 0 saturated carbocycles. The highest BCUT2D eigenvalue weighted by atomic mass is 16.4. The zero-order valence-electron chi connectivity index (χ0n) is 12.4. The summed E-state index contributed by atoms with van der Waals surface area (Å²) in [5.74, 6) is -0.670. The molecule has 0 aromatic rings. The number of aliphatic carboxylic acids is 1. The molecule has 18 heavy (non-hydrogen) atoms. The fourth-order valence-corrected chi connectivity index (χ4v) is 1.60. The number of carbonyl (C=O) groups is 1. The Bertz CT molecular complexity index is 176. The third kappa shape index (κ3) is 24.4. The smallest absolute Gasteiger partial charge is 0.303 e. The molecule has 0 aromatic carbocycles. The van der Waals surface area contributed by atoms with Crippen LogP contribution in [0.25, 0.3) is 0 Å². The molecule has 2 nitrogen and oxygen atoms in total. The second-order valence-electron chi connectivity index (χ2n) is 4.70. The van der Waals surface area contributed by atoms with Crippen LogP contribution in [-0.2, 0) is 4.79 Å². The molecular weight excluding hydrogens is 224 g/mol. The Morgan fingerprint density at radius 3 is 1.89 bits per heavy atom. The summed E-state index contributed by atoms with van der Waals surface area (Å²) in [5.41, 5.74) is 0. The maximum Gasteiger partial charge on any atom is 0.303 e. The Hall–Kier alpha value is -0.790. The Balaban J connectivity index is 0. The monoisotopic (exact) mass is 256 g/mol. The lowest BCUT2D eigenvalue weighted by molar-refractivity contribution is -0.137. The highest BCUT2D eigenvalue weighted by Gasteiger charge is 1.94. The fraction of sp³-hybridized carbons (Fsp3) is 0.812. The third-order valence-electron chi connectivity index (χ3n) is 2.76. The van der Waals surface area contributed by atoms with Crippen LogP contribution < -0.4 is 0 Å². The van der Waals surface area contributed by atoms with E-state index in [0.29, 0.717) is 6.42 Å². The minimum atomic E-state index is -0.670. The molecule has 108 valence electrons. The lowest BCUT2D eigenvalue weighted by Crippen LogP contribution is -1.93. The zero-order valence-corrected chi connectivity index (χ0v) is 12.4. The molecule has 2 heteroatoms. The fourth-order valence-electron chi connectivity index (χ4n) is 1.60. The molecule has 0 heterocycles. The maximum atomic E-state index is 10.0. The minimum Gasteiger partial charge on any atom is -0.481 e. The van der Waals surface area contributed by atoms with Gasteiger partial charge in [0.05, 0.1) is 0 Å². The second-order valence-corrected chi connectivity index (χ2v) is 4.70. The van der Waals surface area contributed by atoms with Crippen molar-refractivity contribution in [2.45, 2.75) is 84.5 Å². The molecule has 0 bridgehead atoms. The summed E-state index contributed by atoms with van der Waals surface area (Å²) in [5, 5.41) is 8.27. The summed E-state index contributed by atoms with van der Waals surface area (Å²) < 4.78 is 0. The molecule has 0 spiro atoms. The average molecular weight is 256 g/mol. The van der Waals surface area contributed by atoms with Gasteiger partial charge in [0.15, 0.2) is 0 Å². The summed E-state index contributed by atoms with van der Waals surface area (Å²) >= 11 is 0. The molecule has 0 amide bonds. The summed E-state index contributed by atoms with van der Waals surface area (Å²) in [6, 6.07) is 0. The van der Waals surface area contributed by atoms with Crippen molar-refractivity contribution in [2.24, 2.45) is 0 Å². The molecule has 0 aliphatic rings. The summed E-state index contributed by atoms with van der Waals surface area (Å²) in [4.78, 5) is 10.0. The summed E-state index contributed by atoms with van der Waals surface area (Å²) in [6.07, 6.45) is 14.5. The molecule has 0 radical (unpaired) electrons. The molecule has 0 unspecified atom stereocenters. The highest BCUT2D eigenvalue weighted by Crippen LogP contribution is 2.04. The number of hydrogen-bond donors (Lipinski definition) is 1. The van der Waals surface area contributed by atoms with Crippen molar-refractivity contribution in [1.29, 1.82) is 0 Å². The number of carboxylic acid groups (broad SMARTS) is 1. The van der Waals surface area contributed by atoms with Crippen molar-refractivity contribution in [3.8, 4) is 0 Å². The lowest BCUT2D eigenvalue weighted by Gasteiger charge is -1.95. The van der Waals surface area contributed by atoms with Crippen LogP contribution in [0.1, 0.15) is 84.5 Å². The van der Waals surface area contributed by atoms with Gasteiger partial charge in [0.2, 0.25) is 0 Å². The molecule has 0 aliphatic carbocycles. The number of hydrogen-bond acceptors (Lipinski definition) is 1. The largest absolute Gasteiger partial charge is 0.481 e. The van der Waals surface area contributed by atoms with Crippen molar-refractivity contribution in [2.75, 3.05) is 0 Å². The van der Waals surface area contributed by atoms with Gasteiger partial charge in [0, 0.05) is 6.42 Å². The van der Waals surface area contributed by atoms with Gasteiger partial charge in [-0.2, -0.15) is 0 Å². The van der Waals surface area contributed by atoms with E-state index in [1.807, 2.05) is 6.08 Å². The average Bonchev–Trinajstić information content (AvgIpc) is 2.35. The number of rotatable bonds is 11. The van der Waals surface area contributed by atoms with Gasteiger partial charge in [-0.15, -0.1) is 6.58 Å². The lowest BCUT2D eigenvalue weighted by atomic mass is 10.1. The number of carboxylic acids is 1. The minimum absolute atomic E-state index is 0.337. The van der Waals surface area contributed by atoms with E-state index >= 15 is 0 Å². The van der Waals surface area contributed by atoms with Crippen LogP contribution in [0, 0.1) is 0 Å². The Kier molecular flexibility index (Phi) is 20.2. The van der Waals surface area contributed by atoms with E-state index in [2.05, 4.69) is 20.4 Å². The van der Waals surface area contributed by atoms with Crippen molar-refractivity contribution in [3.63, 3.8) is 0 Å². The van der Waals surface area contributed by atoms with Crippen molar-refractivity contribution < 1.29 is 9.90 Å². The van der Waals surface area contributed by atoms with E-state index in [4.69, 9.17) is 5.11 Å². The van der Waals surface area contributed by atoms with E-state index in [1.54, 1.807) is 0 Å². The van der Waals surface area contributed by atoms with Crippen LogP contribution in [0.3, 0.4) is 0 Å². The van der Waals surface area contributed by atoms with E-state index in [1.165, 1.54) is 51.4 Å². The maximum absolute atomic E-state index is 10.0. The van der Waals surface area contributed by atoms with Crippen LogP contribution in [-0.4, -0.2) is 11.1 Å². The molecule has 0 aliphatic heterocycles. The Labute approximate surface area is 113 Å². The van der Waals surface area contributed by atoms with E-state index < -0.39 is 5.97 Å². The second kappa shape index (κ2) is 18.6. The van der Waals surface area contributed by atoms with Gasteiger partial charge in [0.25, 0.3) is 0 Å². The van der Waals surface area contributed by atoms with Crippen LogP contribution in [0.15, 0.2) is 12.7 Å². The summed E-state index contributed by atoms with van der Waals surface area (Å²) in [7, 11) is 0. The van der Waals surface area contributed by atoms with Gasteiger partial charge in [-0.05, 0) is 19.3 Å². The molecule has 0 fully saturated rings. The normalized spacial score (nSPS) is 9.44. The van der Waals surface area contributed by atoms with Crippen molar-refractivity contribution >= 4 is 5.97 Å². The van der Waals surface area contributed by atoms with Gasteiger partial charge in [-0.3, -0.25) is 4.79 Å². The molecule has 0 aromatic heterocycles. The van der Waals surface area contributed by atoms with E-state index in [9.17, 15) is 4.79 Å². The first kappa shape index (κ1) is 19.5. The number of allylic oxidation sites excluding steroid dienone is 1. The van der Waals surface area contributed by atoms with Gasteiger partial charge in [-0.25, -0.2) is 0 Å². The number of unbranched alkanes of at least 4 members (excludes halogenated alkanes) is 8. The van der Waals surface area contributed by atoms with Crippen LogP contribution in [0.2, 0.25) is 0 Å². The molecule has 0 atom stereocenters. The van der Waals surface area contributed by atoms with Crippen LogP contribution >= 0.6 is 0 Å². The Morgan fingerprint density at radius 2 is 1.44 bits per heavy atom. The first-order valence-electron chi connectivity index (χ1n) is 7.51. The van der Waals surface area contributed by atoms with Gasteiger partial charge >= 0.3 is 5.97 Å². The predicted molar refractivity (Wildman–Crippen MR) is 80.0 cm³/mol. The quantitative estimate of drug-likeness (QED) is 0.387. The van der Waals surface area contributed by atoms with Crippen LogP contribution in [0.4, 0.5) is 0 Å². The Morgan fingerprint density at radius 1 is 0.944 bits per heavy atom. The standard InChI is InChI=1S/C8H16O2.C8H16/c1-2-3-4-5-6-7-8(9)10;1-3-5-7-8-6-4-2/h2-7H2,1H3,(H,9,10);3H,1,4-8H2,2H3. The molecular formula is C16H32O2.